The Bertz CT molecular complexity index is 185. The molecule has 4 nitrogen and oxygen atoms in total. The molecule has 1 N–H and O–H groups in total. The monoisotopic (exact) mass is 200 g/mol. The highest BCUT2D eigenvalue weighted by atomic mass is 16.5. The van der Waals surface area contributed by atoms with Crippen molar-refractivity contribution in [2.24, 2.45) is 0 Å². The van der Waals surface area contributed by atoms with Gasteiger partial charge in [0.05, 0.1) is 12.7 Å². The first-order valence-electron chi connectivity index (χ1n) is 5.25. The van der Waals surface area contributed by atoms with E-state index in [0.717, 1.165) is 32.5 Å². The average molecular weight is 200 g/mol. The van der Waals surface area contributed by atoms with Crippen LogP contribution in [0.5, 0.6) is 0 Å². The molecule has 1 amide bonds. The lowest BCUT2D eigenvalue weighted by Gasteiger charge is -2.32. The van der Waals surface area contributed by atoms with Gasteiger partial charge in [-0.05, 0) is 26.4 Å². The molecule has 1 saturated heterocycles. The molecule has 0 saturated carbocycles. The number of ether oxygens (including phenoxy) is 1. The van der Waals surface area contributed by atoms with Gasteiger partial charge in [0.15, 0.2) is 0 Å². The Morgan fingerprint density at radius 2 is 2.43 bits per heavy atom. The van der Waals surface area contributed by atoms with Crippen molar-refractivity contribution < 1.29 is 9.53 Å². The van der Waals surface area contributed by atoms with Crippen molar-refractivity contribution in [1.29, 1.82) is 0 Å². The van der Waals surface area contributed by atoms with Crippen LogP contribution in [0.2, 0.25) is 0 Å². The van der Waals surface area contributed by atoms with Gasteiger partial charge in [-0.1, -0.05) is 0 Å². The van der Waals surface area contributed by atoms with Crippen molar-refractivity contribution in [1.82, 2.24) is 10.2 Å². The number of carbonyl (C=O) groups is 1. The molecule has 0 spiro atoms. The largest absolute Gasteiger partial charge is 0.375 e. The van der Waals surface area contributed by atoms with Crippen molar-refractivity contribution in [2.45, 2.75) is 25.9 Å². The topological polar surface area (TPSA) is 41.6 Å². The standard InChI is InChI=1S/C10H20N2O2/c1-9(13)12-6-7-14-10(8-12)4-3-5-11-2/h10-11H,3-8H2,1-2H3/t10-/m0/s1. The molecule has 0 aromatic heterocycles. The first-order valence-corrected chi connectivity index (χ1v) is 5.25. The van der Waals surface area contributed by atoms with E-state index in [2.05, 4.69) is 5.32 Å². The van der Waals surface area contributed by atoms with Crippen LogP contribution in [0.15, 0.2) is 0 Å². The summed E-state index contributed by atoms with van der Waals surface area (Å²) in [6, 6.07) is 0. The lowest BCUT2D eigenvalue weighted by molar-refractivity contribution is -0.136. The molecule has 82 valence electrons. The normalized spacial score (nSPS) is 22.4. The van der Waals surface area contributed by atoms with Crippen LogP contribution in [0.3, 0.4) is 0 Å². The summed E-state index contributed by atoms with van der Waals surface area (Å²) in [4.78, 5) is 13.0. The molecule has 1 heterocycles. The summed E-state index contributed by atoms with van der Waals surface area (Å²) in [6.07, 6.45) is 2.37. The highest BCUT2D eigenvalue weighted by molar-refractivity contribution is 5.73. The number of rotatable bonds is 4. The van der Waals surface area contributed by atoms with Crippen LogP contribution in [0.1, 0.15) is 19.8 Å². The Morgan fingerprint density at radius 3 is 3.07 bits per heavy atom. The van der Waals surface area contributed by atoms with Gasteiger partial charge in [-0.3, -0.25) is 4.79 Å². The molecule has 0 aromatic carbocycles. The molecular weight excluding hydrogens is 180 g/mol. The minimum atomic E-state index is 0.159. The maximum atomic E-state index is 11.1. The summed E-state index contributed by atoms with van der Waals surface area (Å²) in [5.41, 5.74) is 0. The van der Waals surface area contributed by atoms with Crippen LogP contribution in [-0.4, -0.2) is 50.2 Å². The maximum Gasteiger partial charge on any atom is 0.219 e. The Hall–Kier alpha value is -0.610. The molecule has 0 bridgehead atoms. The predicted molar refractivity (Wildman–Crippen MR) is 55.2 cm³/mol. The minimum absolute atomic E-state index is 0.159. The summed E-state index contributed by atoms with van der Waals surface area (Å²) < 4.78 is 5.58. The molecular formula is C10H20N2O2. The van der Waals surface area contributed by atoms with Crippen molar-refractivity contribution in [3.8, 4) is 0 Å². The fourth-order valence-electron chi connectivity index (χ4n) is 1.69. The second-order valence-corrected chi connectivity index (χ2v) is 3.70. The molecule has 0 unspecified atom stereocenters. The highest BCUT2D eigenvalue weighted by Gasteiger charge is 2.21. The van der Waals surface area contributed by atoms with E-state index in [0.29, 0.717) is 6.61 Å². The van der Waals surface area contributed by atoms with Gasteiger partial charge < -0.3 is 15.0 Å². The van der Waals surface area contributed by atoms with E-state index in [1.165, 1.54) is 0 Å². The van der Waals surface area contributed by atoms with E-state index >= 15 is 0 Å². The van der Waals surface area contributed by atoms with Crippen molar-refractivity contribution in [2.75, 3.05) is 33.3 Å². The third-order valence-corrected chi connectivity index (χ3v) is 2.54. The number of carbonyl (C=O) groups excluding carboxylic acids is 1. The van der Waals surface area contributed by atoms with Gasteiger partial charge in [0, 0.05) is 20.0 Å². The summed E-state index contributed by atoms with van der Waals surface area (Å²) in [5, 5.41) is 3.11. The van der Waals surface area contributed by atoms with Crippen molar-refractivity contribution in [3.63, 3.8) is 0 Å². The van der Waals surface area contributed by atoms with E-state index in [4.69, 9.17) is 4.74 Å². The molecule has 0 aromatic rings. The SMILES string of the molecule is CNCCC[C@H]1CN(C(C)=O)CCO1. The van der Waals surface area contributed by atoms with E-state index in [-0.39, 0.29) is 12.0 Å². The van der Waals surface area contributed by atoms with Gasteiger partial charge in [0.2, 0.25) is 5.91 Å². The smallest absolute Gasteiger partial charge is 0.219 e. The second-order valence-electron chi connectivity index (χ2n) is 3.70. The fourth-order valence-corrected chi connectivity index (χ4v) is 1.69. The summed E-state index contributed by atoms with van der Waals surface area (Å²) in [5.74, 6) is 0.159. The molecule has 1 atom stereocenters. The summed E-state index contributed by atoms with van der Waals surface area (Å²) >= 11 is 0. The van der Waals surface area contributed by atoms with Gasteiger partial charge >= 0.3 is 0 Å². The second kappa shape index (κ2) is 5.98. The Kier molecular flexibility index (Phi) is 4.90. The number of hydrogen-bond acceptors (Lipinski definition) is 3. The van der Waals surface area contributed by atoms with Crippen LogP contribution in [-0.2, 0) is 9.53 Å². The van der Waals surface area contributed by atoms with Crippen LogP contribution >= 0.6 is 0 Å². The minimum Gasteiger partial charge on any atom is -0.375 e. The van der Waals surface area contributed by atoms with Crippen molar-refractivity contribution in [3.05, 3.63) is 0 Å². The molecule has 1 aliphatic rings. The molecule has 1 fully saturated rings. The first-order chi connectivity index (χ1) is 6.74. The molecule has 0 aliphatic carbocycles. The zero-order valence-electron chi connectivity index (χ0n) is 9.08. The lowest BCUT2D eigenvalue weighted by atomic mass is 10.1. The number of hydrogen-bond donors (Lipinski definition) is 1. The number of morpholine rings is 1. The number of nitrogens with one attached hydrogen (secondary N) is 1. The van der Waals surface area contributed by atoms with Crippen molar-refractivity contribution >= 4 is 5.91 Å². The third kappa shape index (κ3) is 3.64. The van der Waals surface area contributed by atoms with Gasteiger partial charge in [-0.2, -0.15) is 0 Å². The average Bonchev–Trinajstić information content (AvgIpc) is 2.19. The Balaban J connectivity index is 2.22. The van der Waals surface area contributed by atoms with Crippen LogP contribution in [0.4, 0.5) is 0 Å². The van der Waals surface area contributed by atoms with E-state index in [9.17, 15) is 4.79 Å². The van der Waals surface area contributed by atoms with Gasteiger partial charge in [-0.15, -0.1) is 0 Å². The Labute approximate surface area is 85.6 Å². The molecule has 1 aliphatic heterocycles. The van der Waals surface area contributed by atoms with Crippen LogP contribution in [0, 0.1) is 0 Å². The van der Waals surface area contributed by atoms with E-state index < -0.39 is 0 Å². The molecule has 14 heavy (non-hydrogen) atoms. The highest BCUT2D eigenvalue weighted by Crippen LogP contribution is 2.10. The zero-order valence-corrected chi connectivity index (χ0v) is 9.08. The van der Waals surface area contributed by atoms with Crippen LogP contribution in [0.25, 0.3) is 0 Å². The molecule has 0 radical (unpaired) electrons. The quantitative estimate of drug-likeness (QED) is 0.661. The maximum absolute atomic E-state index is 11.1. The van der Waals surface area contributed by atoms with Gasteiger partial charge in [0.25, 0.3) is 0 Å². The van der Waals surface area contributed by atoms with Gasteiger partial charge in [0.1, 0.15) is 0 Å². The Morgan fingerprint density at radius 1 is 1.64 bits per heavy atom. The summed E-state index contributed by atoms with van der Waals surface area (Å²) in [6.45, 7) is 4.83. The predicted octanol–water partition coefficient (Wildman–Crippen LogP) is 0.233. The fraction of sp³-hybridized carbons (Fsp3) is 0.900. The van der Waals surface area contributed by atoms with E-state index in [1.54, 1.807) is 6.92 Å². The zero-order chi connectivity index (χ0) is 10.4. The van der Waals surface area contributed by atoms with Gasteiger partial charge in [-0.25, -0.2) is 0 Å². The number of nitrogens with zero attached hydrogens (tertiary/aromatic N) is 1. The molecule has 4 heteroatoms. The molecule has 1 rings (SSSR count). The summed E-state index contributed by atoms with van der Waals surface area (Å²) in [7, 11) is 1.95. The first kappa shape index (κ1) is 11.5. The van der Waals surface area contributed by atoms with Crippen LogP contribution < -0.4 is 5.32 Å². The third-order valence-electron chi connectivity index (χ3n) is 2.54. The van der Waals surface area contributed by atoms with E-state index in [1.807, 2.05) is 11.9 Å². The number of amides is 1. The lowest BCUT2D eigenvalue weighted by Crippen LogP contribution is -2.44.